The van der Waals surface area contributed by atoms with Gasteiger partial charge in [0, 0.05) is 25.0 Å². The zero-order chi connectivity index (χ0) is 22.9. The maximum Gasteiger partial charge on any atom is 0.416 e. The maximum absolute atomic E-state index is 13.2. The SMILES string of the molecule is Oc1c(Cl)cc(Cl)c2ccc(C=CC3=CCN(Cc4ccccc4C(F)(F)F)CC3)nc12. The smallest absolute Gasteiger partial charge is 0.416 e. The molecule has 1 aromatic heterocycles. The first-order chi connectivity index (χ1) is 15.2. The van der Waals surface area contributed by atoms with Crippen LogP contribution in [-0.4, -0.2) is 28.1 Å². The van der Waals surface area contributed by atoms with Crippen LogP contribution < -0.4 is 0 Å². The first-order valence-electron chi connectivity index (χ1n) is 9.94. The molecule has 2 aromatic carbocycles. The first kappa shape index (κ1) is 22.6. The third-order valence-corrected chi connectivity index (χ3v) is 5.99. The largest absolute Gasteiger partial charge is 0.504 e. The highest BCUT2D eigenvalue weighted by atomic mass is 35.5. The standard InChI is InChI=1S/C24H19Cl2F3N2O/c25-20-13-21(26)23(32)22-18(20)8-7-17(30-22)6-5-15-9-11-31(12-10-15)14-16-3-1-2-4-19(16)24(27,28)29/h1-9,13,32H,10-12,14H2. The molecule has 2 heterocycles. The van der Waals surface area contributed by atoms with Crippen molar-refractivity contribution in [2.75, 3.05) is 13.1 Å². The Balaban J connectivity index is 1.46. The minimum absolute atomic E-state index is 0.118. The summed E-state index contributed by atoms with van der Waals surface area (Å²) in [4.78, 5) is 6.42. The first-order valence-corrected chi connectivity index (χ1v) is 10.7. The summed E-state index contributed by atoms with van der Waals surface area (Å²) in [6.07, 6.45) is 2.11. The van der Waals surface area contributed by atoms with Crippen LogP contribution in [0.4, 0.5) is 13.2 Å². The number of rotatable bonds is 4. The zero-order valence-corrected chi connectivity index (χ0v) is 18.3. The van der Waals surface area contributed by atoms with E-state index in [9.17, 15) is 18.3 Å². The number of hydrogen-bond donors (Lipinski definition) is 1. The van der Waals surface area contributed by atoms with Crippen molar-refractivity contribution >= 4 is 40.2 Å². The van der Waals surface area contributed by atoms with E-state index in [-0.39, 0.29) is 22.9 Å². The average molecular weight is 479 g/mol. The van der Waals surface area contributed by atoms with E-state index in [0.717, 1.165) is 11.6 Å². The lowest BCUT2D eigenvalue weighted by molar-refractivity contribution is -0.138. The lowest BCUT2D eigenvalue weighted by atomic mass is 10.0. The molecule has 166 valence electrons. The van der Waals surface area contributed by atoms with E-state index in [4.69, 9.17) is 23.2 Å². The van der Waals surface area contributed by atoms with E-state index in [2.05, 4.69) is 4.98 Å². The Bertz CT molecular complexity index is 1220. The number of pyridine rings is 1. The molecule has 1 N–H and O–H groups in total. The zero-order valence-electron chi connectivity index (χ0n) is 16.8. The number of benzene rings is 2. The van der Waals surface area contributed by atoms with E-state index in [1.807, 2.05) is 23.1 Å². The summed E-state index contributed by atoms with van der Waals surface area (Å²) in [5, 5.41) is 11.3. The van der Waals surface area contributed by atoms with Crippen molar-refractivity contribution in [3.05, 3.63) is 87.1 Å². The molecule has 0 saturated heterocycles. The summed E-state index contributed by atoms with van der Waals surface area (Å²) < 4.78 is 39.7. The van der Waals surface area contributed by atoms with Crippen molar-refractivity contribution < 1.29 is 18.3 Å². The van der Waals surface area contributed by atoms with Crippen molar-refractivity contribution in [3.8, 4) is 5.75 Å². The van der Waals surface area contributed by atoms with Crippen LogP contribution in [0, 0.1) is 0 Å². The van der Waals surface area contributed by atoms with Gasteiger partial charge in [0.25, 0.3) is 0 Å². The Hall–Kier alpha value is -2.54. The number of allylic oxidation sites excluding steroid dienone is 1. The number of phenolic OH excluding ortho intramolecular Hbond substituents is 1. The van der Waals surface area contributed by atoms with Crippen molar-refractivity contribution in [1.82, 2.24) is 9.88 Å². The van der Waals surface area contributed by atoms with E-state index >= 15 is 0 Å². The van der Waals surface area contributed by atoms with Gasteiger partial charge >= 0.3 is 6.18 Å². The molecule has 0 atom stereocenters. The molecule has 0 saturated carbocycles. The van der Waals surface area contributed by atoms with Gasteiger partial charge in [0.1, 0.15) is 5.52 Å². The highest BCUT2D eigenvalue weighted by Gasteiger charge is 2.33. The van der Waals surface area contributed by atoms with Gasteiger partial charge in [-0.2, -0.15) is 13.2 Å². The number of aromatic nitrogens is 1. The van der Waals surface area contributed by atoms with Crippen molar-refractivity contribution in [2.45, 2.75) is 19.1 Å². The molecule has 4 rings (SSSR count). The normalized spacial score (nSPS) is 15.5. The number of phenols is 1. The van der Waals surface area contributed by atoms with Crippen LogP contribution in [0.2, 0.25) is 10.0 Å². The Kier molecular flexibility index (Phi) is 6.47. The lowest BCUT2D eigenvalue weighted by Gasteiger charge is -2.26. The molecule has 3 aromatic rings. The maximum atomic E-state index is 13.2. The minimum Gasteiger partial charge on any atom is -0.504 e. The number of fused-ring (bicyclic) bond motifs is 1. The molecular formula is C24H19Cl2F3N2O. The number of aromatic hydroxyl groups is 1. The molecule has 0 amide bonds. The van der Waals surface area contributed by atoms with Gasteiger partial charge in [0.05, 0.1) is 21.3 Å². The fourth-order valence-electron chi connectivity index (χ4n) is 3.70. The molecule has 1 aliphatic heterocycles. The van der Waals surface area contributed by atoms with Crippen LogP contribution in [0.3, 0.4) is 0 Å². The Labute approximate surface area is 193 Å². The van der Waals surface area contributed by atoms with Crippen molar-refractivity contribution in [2.24, 2.45) is 0 Å². The van der Waals surface area contributed by atoms with Crippen LogP contribution in [-0.2, 0) is 12.7 Å². The Morgan fingerprint density at radius 1 is 1.06 bits per heavy atom. The summed E-state index contributed by atoms with van der Waals surface area (Å²) >= 11 is 12.1. The third-order valence-electron chi connectivity index (χ3n) is 5.39. The molecule has 0 bridgehead atoms. The molecule has 3 nitrogen and oxygen atoms in total. The van der Waals surface area contributed by atoms with E-state index in [1.165, 1.54) is 18.2 Å². The van der Waals surface area contributed by atoms with E-state index in [1.54, 1.807) is 18.2 Å². The molecular weight excluding hydrogens is 460 g/mol. The van der Waals surface area contributed by atoms with Gasteiger partial charge in [-0.05, 0) is 47.9 Å². The number of hydrogen-bond acceptors (Lipinski definition) is 3. The summed E-state index contributed by atoms with van der Waals surface area (Å²) in [5.74, 6) is -0.118. The van der Waals surface area contributed by atoms with Crippen molar-refractivity contribution in [3.63, 3.8) is 0 Å². The Morgan fingerprint density at radius 3 is 2.56 bits per heavy atom. The summed E-state index contributed by atoms with van der Waals surface area (Å²) in [6, 6.07) is 10.7. The summed E-state index contributed by atoms with van der Waals surface area (Å²) in [7, 11) is 0. The van der Waals surface area contributed by atoms with Crippen LogP contribution in [0.15, 0.2) is 60.2 Å². The molecule has 0 spiro atoms. The van der Waals surface area contributed by atoms with Gasteiger partial charge in [-0.25, -0.2) is 4.98 Å². The van der Waals surface area contributed by atoms with Crippen molar-refractivity contribution in [1.29, 1.82) is 0 Å². The van der Waals surface area contributed by atoms with Gasteiger partial charge in [-0.1, -0.05) is 53.6 Å². The fraction of sp³-hybridized carbons (Fsp3) is 0.208. The highest BCUT2D eigenvalue weighted by molar-refractivity contribution is 6.39. The van der Waals surface area contributed by atoms with Crippen LogP contribution >= 0.6 is 23.2 Å². The van der Waals surface area contributed by atoms with Gasteiger partial charge in [-0.15, -0.1) is 0 Å². The fourth-order valence-corrected chi connectivity index (χ4v) is 4.22. The predicted octanol–water partition coefficient (Wildman–Crippen LogP) is 7.11. The van der Waals surface area contributed by atoms with Gasteiger partial charge < -0.3 is 5.11 Å². The van der Waals surface area contributed by atoms with E-state index < -0.39 is 11.7 Å². The quantitative estimate of drug-likeness (QED) is 0.433. The topological polar surface area (TPSA) is 36.4 Å². The highest BCUT2D eigenvalue weighted by Crippen LogP contribution is 2.36. The molecule has 0 aliphatic carbocycles. The monoisotopic (exact) mass is 478 g/mol. The number of alkyl halides is 3. The molecule has 0 fully saturated rings. The predicted molar refractivity (Wildman–Crippen MR) is 122 cm³/mol. The molecule has 0 radical (unpaired) electrons. The molecule has 8 heteroatoms. The van der Waals surface area contributed by atoms with Crippen LogP contribution in [0.1, 0.15) is 23.2 Å². The Morgan fingerprint density at radius 2 is 1.84 bits per heavy atom. The van der Waals surface area contributed by atoms with Gasteiger partial charge in [-0.3, -0.25) is 4.90 Å². The summed E-state index contributed by atoms with van der Waals surface area (Å²) in [6.45, 7) is 1.46. The second-order valence-corrected chi connectivity index (χ2v) is 8.39. The minimum atomic E-state index is -4.36. The van der Waals surface area contributed by atoms with Crippen LogP contribution in [0.5, 0.6) is 5.75 Å². The second kappa shape index (κ2) is 9.14. The second-order valence-electron chi connectivity index (χ2n) is 7.57. The molecule has 0 unspecified atom stereocenters. The molecule has 32 heavy (non-hydrogen) atoms. The van der Waals surface area contributed by atoms with E-state index in [0.29, 0.717) is 41.1 Å². The van der Waals surface area contributed by atoms with Gasteiger partial charge in [0.15, 0.2) is 5.75 Å². The lowest BCUT2D eigenvalue weighted by Crippen LogP contribution is -2.29. The number of nitrogens with zero attached hydrogens (tertiary/aromatic N) is 2. The third kappa shape index (κ3) is 4.93. The van der Waals surface area contributed by atoms with Crippen LogP contribution in [0.25, 0.3) is 17.0 Å². The van der Waals surface area contributed by atoms with Gasteiger partial charge in [0.2, 0.25) is 0 Å². The summed E-state index contributed by atoms with van der Waals surface area (Å²) in [5.41, 5.74) is 1.73. The number of halogens is 5. The molecule has 1 aliphatic rings. The average Bonchev–Trinajstić information content (AvgIpc) is 2.76.